The van der Waals surface area contributed by atoms with Crippen molar-refractivity contribution in [3.63, 3.8) is 0 Å². The van der Waals surface area contributed by atoms with Crippen LogP contribution in [-0.2, 0) is 4.74 Å². The monoisotopic (exact) mass is 287 g/mol. The zero-order valence-corrected chi connectivity index (χ0v) is 12.9. The van der Waals surface area contributed by atoms with E-state index in [1.165, 1.54) is 11.1 Å². The van der Waals surface area contributed by atoms with Crippen LogP contribution in [0.25, 0.3) is 5.69 Å². The van der Waals surface area contributed by atoms with E-state index in [4.69, 9.17) is 4.74 Å². The Kier molecular flexibility index (Phi) is 4.75. The Bertz CT molecular complexity index is 647. The molecule has 0 atom stereocenters. The van der Waals surface area contributed by atoms with Crippen LogP contribution in [0.2, 0.25) is 0 Å². The second kappa shape index (κ2) is 6.54. The first-order valence-electron chi connectivity index (χ1n) is 6.94. The van der Waals surface area contributed by atoms with Crippen molar-refractivity contribution in [3.05, 3.63) is 46.8 Å². The Balaban J connectivity index is 2.22. The number of amides is 1. The van der Waals surface area contributed by atoms with Gasteiger partial charge in [0.15, 0.2) is 5.69 Å². The molecule has 0 radical (unpaired) electrons. The highest BCUT2D eigenvalue weighted by atomic mass is 16.5. The average Bonchev–Trinajstić information content (AvgIpc) is 2.84. The van der Waals surface area contributed by atoms with Crippen molar-refractivity contribution in [2.45, 2.75) is 20.8 Å². The normalized spacial score (nSPS) is 10.7. The number of rotatable bonds is 5. The number of ether oxygens (including phenoxy) is 1. The molecule has 0 aliphatic carbocycles. The number of aryl methyl sites for hydroxylation is 3. The van der Waals surface area contributed by atoms with Crippen LogP contribution < -0.4 is 5.32 Å². The molecule has 1 amide bonds. The van der Waals surface area contributed by atoms with Crippen molar-refractivity contribution < 1.29 is 9.53 Å². The van der Waals surface area contributed by atoms with Gasteiger partial charge in [0.2, 0.25) is 0 Å². The number of aromatic nitrogens is 2. The van der Waals surface area contributed by atoms with E-state index < -0.39 is 0 Å². The molecule has 0 saturated heterocycles. The Labute approximate surface area is 124 Å². The smallest absolute Gasteiger partial charge is 0.271 e. The van der Waals surface area contributed by atoms with E-state index in [1.54, 1.807) is 17.9 Å². The van der Waals surface area contributed by atoms with Gasteiger partial charge in [-0.15, -0.1) is 0 Å². The molecule has 1 N–H and O–H groups in total. The largest absolute Gasteiger partial charge is 0.383 e. The van der Waals surface area contributed by atoms with Crippen LogP contribution in [0.5, 0.6) is 0 Å². The second-order valence-corrected chi connectivity index (χ2v) is 5.10. The van der Waals surface area contributed by atoms with Gasteiger partial charge in [-0.2, -0.15) is 5.10 Å². The highest BCUT2D eigenvalue weighted by molar-refractivity contribution is 5.92. The van der Waals surface area contributed by atoms with Crippen LogP contribution in [0.3, 0.4) is 0 Å². The molecular weight excluding hydrogens is 266 g/mol. The number of hydrogen-bond acceptors (Lipinski definition) is 3. The number of hydrogen-bond donors (Lipinski definition) is 1. The van der Waals surface area contributed by atoms with Crippen molar-refractivity contribution in [2.75, 3.05) is 20.3 Å². The number of carbonyl (C=O) groups is 1. The van der Waals surface area contributed by atoms with Crippen LogP contribution in [0, 0.1) is 20.8 Å². The second-order valence-electron chi connectivity index (χ2n) is 5.10. The van der Waals surface area contributed by atoms with E-state index in [2.05, 4.69) is 36.4 Å². The Morgan fingerprint density at radius 1 is 1.24 bits per heavy atom. The maximum absolute atomic E-state index is 12.0. The molecule has 1 aromatic carbocycles. The number of methoxy groups -OCH3 is 1. The van der Waals surface area contributed by atoms with Crippen molar-refractivity contribution in [1.82, 2.24) is 15.1 Å². The first kappa shape index (κ1) is 15.3. The molecule has 0 aliphatic rings. The standard InChI is InChI=1S/C16H21N3O2/c1-11-5-6-14(9-12(11)2)19-13(3)10-15(18-19)16(20)17-7-8-21-4/h5-6,9-10H,7-8H2,1-4H3,(H,17,20). The van der Waals surface area contributed by atoms with E-state index in [9.17, 15) is 4.79 Å². The fourth-order valence-electron chi connectivity index (χ4n) is 2.06. The Morgan fingerprint density at radius 2 is 2.00 bits per heavy atom. The predicted molar refractivity (Wildman–Crippen MR) is 82.0 cm³/mol. The quantitative estimate of drug-likeness (QED) is 0.858. The summed E-state index contributed by atoms with van der Waals surface area (Å²) in [5.74, 6) is -0.183. The summed E-state index contributed by atoms with van der Waals surface area (Å²) in [6.07, 6.45) is 0. The molecule has 0 saturated carbocycles. The predicted octanol–water partition coefficient (Wildman–Crippen LogP) is 2.17. The van der Waals surface area contributed by atoms with Gasteiger partial charge in [-0.3, -0.25) is 4.79 Å². The Morgan fingerprint density at radius 3 is 2.67 bits per heavy atom. The summed E-state index contributed by atoms with van der Waals surface area (Å²) < 4.78 is 6.70. The molecule has 5 heteroatoms. The van der Waals surface area contributed by atoms with E-state index in [-0.39, 0.29) is 5.91 Å². The van der Waals surface area contributed by atoms with Crippen molar-refractivity contribution >= 4 is 5.91 Å². The molecule has 0 bridgehead atoms. The molecule has 1 aromatic heterocycles. The van der Waals surface area contributed by atoms with Crippen LogP contribution in [0.4, 0.5) is 0 Å². The lowest BCUT2D eigenvalue weighted by molar-refractivity contribution is 0.0931. The lowest BCUT2D eigenvalue weighted by atomic mass is 10.1. The zero-order chi connectivity index (χ0) is 15.4. The topological polar surface area (TPSA) is 56.1 Å². The van der Waals surface area contributed by atoms with E-state index in [0.717, 1.165) is 11.4 Å². The SMILES string of the molecule is COCCNC(=O)c1cc(C)n(-c2ccc(C)c(C)c2)n1. The maximum atomic E-state index is 12.0. The summed E-state index contributed by atoms with van der Waals surface area (Å²) in [5, 5.41) is 7.17. The summed E-state index contributed by atoms with van der Waals surface area (Å²) in [6.45, 7) is 7.04. The van der Waals surface area contributed by atoms with Crippen LogP contribution in [0.1, 0.15) is 27.3 Å². The van der Waals surface area contributed by atoms with Gasteiger partial charge in [-0.25, -0.2) is 4.68 Å². The van der Waals surface area contributed by atoms with Gasteiger partial charge in [0.05, 0.1) is 12.3 Å². The van der Waals surface area contributed by atoms with Gasteiger partial charge < -0.3 is 10.1 Å². The minimum atomic E-state index is -0.183. The van der Waals surface area contributed by atoms with E-state index in [1.807, 2.05) is 13.0 Å². The Hall–Kier alpha value is -2.14. The molecule has 2 rings (SSSR count). The average molecular weight is 287 g/mol. The van der Waals surface area contributed by atoms with Crippen LogP contribution >= 0.6 is 0 Å². The molecule has 5 nitrogen and oxygen atoms in total. The molecule has 0 aliphatic heterocycles. The molecule has 21 heavy (non-hydrogen) atoms. The third-order valence-electron chi connectivity index (χ3n) is 3.45. The van der Waals surface area contributed by atoms with E-state index >= 15 is 0 Å². The lowest BCUT2D eigenvalue weighted by Gasteiger charge is -2.07. The van der Waals surface area contributed by atoms with Crippen LogP contribution in [-0.4, -0.2) is 35.9 Å². The summed E-state index contributed by atoms with van der Waals surface area (Å²) in [5.41, 5.74) is 4.75. The highest BCUT2D eigenvalue weighted by Crippen LogP contribution is 2.16. The molecule has 2 aromatic rings. The fraction of sp³-hybridized carbons (Fsp3) is 0.375. The van der Waals surface area contributed by atoms with Crippen molar-refractivity contribution in [1.29, 1.82) is 0 Å². The van der Waals surface area contributed by atoms with Gasteiger partial charge in [-0.1, -0.05) is 6.07 Å². The van der Waals surface area contributed by atoms with Gasteiger partial charge in [0.25, 0.3) is 5.91 Å². The third kappa shape index (κ3) is 3.49. The van der Waals surface area contributed by atoms with Crippen molar-refractivity contribution in [3.8, 4) is 5.69 Å². The fourth-order valence-corrected chi connectivity index (χ4v) is 2.06. The minimum absolute atomic E-state index is 0.183. The third-order valence-corrected chi connectivity index (χ3v) is 3.45. The molecule has 0 spiro atoms. The molecule has 112 valence electrons. The highest BCUT2D eigenvalue weighted by Gasteiger charge is 2.13. The zero-order valence-electron chi connectivity index (χ0n) is 12.9. The van der Waals surface area contributed by atoms with Gasteiger partial charge in [0, 0.05) is 19.3 Å². The summed E-state index contributed by atoms with van der Waals surface area (Å²) in [7, 11) is 1.60. The molecular formula is C16H21N3O2. The number of nitrogens with zero attached hydrogens (tertiary/aromatic N) is 2. The minimum Gasteiger partial charge on any atom is -0.383 e. The number of carbonyl (C=O) groups excluding carboxylic acids is 1. The summed E-state index contributed by atoms with van der Waals surface area (Å²) in [6, 6.07) is 7.93. The molecule has 0 fully saturated rings. The number of nitrogens with one attached hydrogen (secondary N) is 1. The maximum Gasteiger partial charge on any atom is 0.271 e. The number of benzene rings is 1. The summed E-state index contributed by atoms with van der Waals surface area (Å²) in [4.78, 5) is 12.0. The first-order valence-corrected chi connectivity index (χ1v) is 6.94. The van der Waals surface area contributed by atoms with Crippen LogP contribution in [0.15, 0.2) is 24.3 Å². The van der Waals surface area contributed by atoms with Crippen molar-refractivity contribution in [2.24, 2.45) is 0 Å². The first-order chi connectivity index (χ1) is 10.0. The van der Waals surface area contributed by atoms with E-state index in [0.29, 0.717) is 18.8 Å². The molecule has 1 heterocycles. The lowest BCUT2D eigenvalue weighted by Crippen LogP contribution is -2.27. The summed E-state index contributed by atoms with van der Waals surface area (Å²) >= 11 is 0. The molecule has 0 unspecified atom stereocenters. The van der Waals surface area contributed by atoms with Gasteiger partial charge in [-0.05, 0) is 50.1 Å². The van der Waals surface area contributed by atoms with Gasteiger partial charge >= 0.3 is 0 Å². The van der Waals surface area contributed by atoms with Gasteiger partial charge in [0.1, 0.15) is 0 Å².